The fraction of sp³-hybridized carbons (Fsp3) is 0.143. The lowest BCUT2D eigenvalue weighted by molar-refractivity contribution is -0.385. The number of rotatable bonds is 6. The lowest BCUT2D eigenvalue weighted by atomic mass is 10.3. The number of thioether (sulfide) groups is 1. The maximum absolute atomic E-state index is 12.4. The number of hydrogen-bond donors (Lipinski definition) is 1. The van der Waals surface area contributed by atoms with Gasteiger partial charge in [0.25, 0.3) is 15.7 Å². The molecule has 2 aromatic rings. The molecular formula is C14H14N2O4S2. The minimum atomic E-state index is -3.88. The molecule has 2 rings (SSSR count). The van der Waals surface area contributed by atoms with Crippen molar-refractivity contribution < 1.29 is 13.3 Å². The third-order valence-corrected chi connectivity index (χ3v) is 5.09. The molecule has 0 radical (unpaired) electrons. The molecule has 22 heavy (non-hydrogen) atoms. The molecule has 6 nitrogen and oxygen atoms in total. The number of nitrogens with zero attached hydrogens (tertiary/aromatic N) is 1. The van der Waals surface area contributed by atoms with Crippen molar-refractivity contribution in [3.8, 4) is 0 Å². The van der Waals surface area contributed by atoms with Gasteiger partial charge in [0.05, 0.1) is 15.5 Å². The van der Waals surface area contributed by atoms with Gasteiger partial charge in [-0.3, -0.25) is 14.8 Å². The summed E-state index contributed by atoms with van der Waals surface area (Å²) in [5.74, 6) is 0.801. The number of nitro groups is 1. The van der Waals surface area contributed by atoms with Crippen LogP contribution in [0.4, 0.5) is 11.4 Å². The third kappa shape index (κ3) is 3.77. The minimum absolute atomic E-state index is 0.141. The van der Waals surface area contributed by atoms with Gasteiger partial charge in [0, 0.05) is 17.0 Å². The zero-order valence-corrected chi connectivity index (χ0v) is 13.4. The fourth-order valence-corrected chi connectivity index (χ4v) is 3.74. The van der Waals surface area contributed by atoms with Crippen LogP contribution in [-0.2, 0) is 10.0 Å². The van der Waals surface area contributed by atoms with Gasteiger partial charge in [0.2, 0.25) is 0 Å². The molecule has 0 saturated heterocycles. The second kappa shape index (κ2) is 6.80. The van der Waals surface area contributed by atoms with Crippen LogP contribution in [-0.4, -0.2) is 19.1 Å². The van der Waals surface area contributed by atoms with Crippen molar-refractivity contribution in [3.05, 3.63) is 58.6 Å². The molecule has 0 aromatic heterocycles. The number of non-ortho nitro benzene ring substituents is 1. The first-order valence-corrected chi connectivity index (χ1v) is 8.90. The summed E-state index contributed by atoms with van der Waals surface area (Å²) in [6.07, 6.45) is 0. The molecule has 0 aliphatic carbocycles. The van der Waals surface area contributed by atoms with Crippen LogP contribution in [0.15, 0.2) is 58.3 Å². The van der Waals surface area contributed by atoms with Gasteiger partial charge >= 0.3 is 0 Å². The predicted octanol–water partition coefficient (Wildman–Crippen LogP) is 3.51. The number of benzene rings is 2. The van der Waals surface area contributed by atoms with Gasteiger partial charge in [0.1, 0.15) is 0 Å². The lowest BCUT2D eigenvalue weighted by Gasteiger charge is -2.11. The van der Waals surface area contributed by atoms with E-state index in [9.17, 15) is 18.5 Å². The van der Waals surface area contributed by atoms with Crippen LogP contribution >= 0.6 is 11.8 Å². The molecule has 0 amide bonds. The molecule has 0 unspecified atom stereocenters. The Labute approximate surface area is 132 Å². The first kappa shape index (κ1) is 16.3. The summed E-state index contributed by atoms with van der Waals surface area (Å²) in [7, 11) is -3.88. The Morgan fingerprint density at radius 3 is 2.59 bits per heavy atom. The summed E-state index contributed by atoms with van der Waals surface area (Å²) in [6, 6.07) is 12.0. The van der Waals surface area contributed by atoms with E-state index in [1.54, 1.807) is 12.1 Å². The number of para-hydroxylation sites is 1. The molecule has 2 aromatic carbocycles. The van der Waals surface area contributed by atoms with E-state index < -0.39 is 14.9 Å². The summed E-state index contributed by atoms with van der Waals surface area (Å²) in [4.78, 5) is 10.8. The van der Waals surface area contributed by atoms with E-state index in [-0.39, 0.29) is 10.6 Å². The van der Waals surface area contributed by atoms with Crippen LogP contribution in [0.1, 0.15) is 6.92 Å². The average Bonchev–Trinajstić information content (AvgIpc) is 2.49. The maximum atomic E-state index is 12.4. The van der Waals surface area contributed by atoms with E-state index in [0.717, 1.165) is 16.7 Å². The Hall–Kier alpha value is -2.06. The molecular weight excluding hydrogens is 324 g/mol. The molecule has 1 N–H and O–H groups in total. The van der Waals surface area contributed by atoms with Gasteiger partial charge in [-0.1, -0.05) is 25.1 Å². The van der Waals surface area contributed by atoms with Crippen LogP contribution in [0.2, 0.25) is 0 Å². The fourth-order valence-electron chi connectivity index (χ4n) is 1.80. The van der Waals surface area contributed by atoms with Gasteiger partial charge in [-0.15, -0.1) is 11.8 Å². The molecule has 0 spiro atoms. The number of nitrogens with one attached hydrogen (secondary N) is 1. The predicted molar refractivity (Wildman–Crippen MR) is 86.7 cm³/mol. The van der Waals surface area contributed by atoms with Crippen molar-refractivity contribution >= 4 is 33.2 Å². The second-order valence-electron chi connectivity index (χ2n) is 4.29. The molecule has 116 valence electrons. The highest BCUT2D eigenvalue weighted by Crippen LogP contribution is 2.29. The highest BCUT2D eigenvalue weighted by molar-refractivity contribution is 7.99. The smallest absolute Gasteiger partial charge is 0.270 e. The molecule has 8 heteroatoms. The third-order valence-electron chi connectivity index (χ3n) is 2.77. The standard InChI is InChI=1S/C14H14N2O4S2/c1-2-21-14-9-4-3-8-13(14)15-22(19,20)12-7-5-6-11(10-12)16(17)18/h3-10,15H,2H2,1H3. The van der Waals surface area contributed by atoms with E-state index >= 15 is 0 Å². The van der Waals surface area contributed by atoms with Gasteiger partial charge in [-0.25, -0.2) is 8.42 Å². The van der Waals surface area contributed by atoms with Gasteiger partial charge in [-0.2, -0.15) is 0 Å². The number of sulfonamides is 1. The Balaban J connectivity index is 2.36. The van der Waals surface area contributed by atoms with Crippen molar-refractivity contribution in [2.24, 2.45) is 0 Å². The van der Waals surface area contributed by atoms with Crippen molar-refractivity contribution in [2.45, 2.75) is 16.7 Å². The summed E-state index contributed by atoms with van der Waals surface area (Å²) in [5, 5.41) is 10.8. The molecule has 0 bridgehead atoms. The molecule has 0 aliphatic heterocycles. The summed E-state index contributed by atoms with van der Waals surface area (Å²) in [6.45, 7) is 1.97. The molecule has 0 aliphatic rings. The Kier molecular flexibility index (Phi) is 5.04. The molecule has 0 fully saturated rings. The number of anilines is 1. The Morgan fingerprint density at radius 1 is 1.18 bits per heavy atom. The maximum Gasteiger partial charge on any atom is 0.270 e. The van der Waals surface area contributed by atoms with Crippen molar-refractivity contribution in [2.75, 3.05) is 10.5 Å². The summed E-state index contributed by atoms with van der Waals surface area (Å²) >= 11 is 1.51. The first-order chi connectivity index (χ1) is 10.4. The highest BCUT2D eigenvalue weighted by Gasteiger charge is 2.18. The van der Waals surface area contributed by atoms with Crippen LogP contribution in [0.3, 0.4) is 0 Å². The van der Waals surface area contributed by atoms with E-state index in [1.807, 2.05) is 19.1 Å². The first-order valence-electron chi connectivity index (χ1n) is 6.43. The van der Waals surface area contributed by atoms with Gasteiger partial charge < -0.3 is 0 Å². The summed E-state index contributed by atoms with van der Waals surface area (Å²) in [5.41, 5.74) is 0.194. The van der Waals surface area contributed by atoms with Crippen molar-refractivity contribution in [1.29, 1.82) is 0 Å². The topological polar surface area (TPSA) is 89.3 Å². The van der Waals surface area contributed by atoms with Crippen LogP contribution in [0.25, 0.3) is 0 Å². The summed E-state index contributed by atoms with van der Waals surface area (Å²) < 4.78 is 27.3. The van der Waals surface area contributed by atoms with Crippen molar-refractivity contribution in [3.63, 3.8) is 0 Å². The van der Waals surface area contributed by atoms with Crippen LogP contribution in [0.5, 0.6) is 0 Å². The van der Waals surface area contributed by atoms with Crippen LogP contribution in [0, 0.1) is 10.1 Å². The van der Waals surface area contributed by atoms with E-state index in [0.29, 0.717) is 5.69 Å². The monoisotopic (exact) mass is 338 g/mol. The second-order valence-corrected chi connectivity index (χ2v) is 7.28. The van der Waals surface area contributed by atoms with E-state index in [4.69, 9.17) is 0 Å². The zero-order valence-electron chi connectivity index (χ0n) is 11.7. The Bertz CT molecular complexity index is 791. The highest BCUT2D eigenvalue weighted by atomic mass is 32.2. The SMILES string of the molecule is CCSc1ccccc1NS(=O)(=O)c1cccc([N+](=O)[O-])c1. The van der Waals surface area contributed by atoms with E-state index in [2.05, 4.69) is 4.72 Å². The quantitative estimate of drug-likeness (QED) is 0.494. The molecule has 0 heterocycles. The average molecular weight is 338 g/mol. The number of nitro benzene ring substituents is 1. The Morgan fingerprint density at radius 2 is 1.91 bits per heavy atom. The lowest BCUT2D eigenvalue weighted by Crippen LogP contribution is -2.13. The number of hydrogen-bond acceptors (Lipinski definition) is 5. The molecule has 0 saturated carbocycles. The van der Waals surface area contributed by atoms with Gasteiger partial charge in [0.15, 0.2) is 0 Å². The van der Waals surface area contributed by atoms with E-state index in [1.165, 1.54) is 30.0 Å². The molecule has 0 atom stereocenters. The largest absolute Gasteiger partial charge is 0.278 e. The normalized spacial score (nSPS) is 11.1. The minimum Gasteiger partial charge on any atom is -0.278 e. The zero-order chi connectivity index (χ0) is 16.2. The van der Waals surface area contributed by atoms with Crippen molar-refractivity contribution in [1.82, 2.24) is 0 Å². The van der Waals surface area contributed by atoms with Crippen LogP contribution < -0.4 is 4.72 Å². The van der Waals surface area contributed by atoms with Gasteiger partial charge in [-0.05, 0) is 24.0 Å².